The molecule has 0 radical (unpaired) electrons. The molecule has 0 aliphatic carbocycles. The average molecular weight is 413 g/mol. The summed E-state index contributed by atoms with van der Waals surface area (Å²) in [5.41, 5.74) is 2.04. The molecule has 0 aliphatic rings. The van der Waals surface area contributed by atoms with Gasteiger partial charge in [0.25, 0.3) is 0 Å². The molecule has 1 N–H and O–H groups in total. The molecule has 1 aromatic heterocycles. The minimum Gasteiger partial charge on any atom is -0.360 e. The van der Waals surface area contributed by atoms with E-state index >= 15 is 0 Å². The van der Waals surface area contributed by atoms with Gasteiger partial charge in [0.2, 0.25) is 0 Å². The molecule has 2 aromatic carbocycles. The summed E-state index contributed by atoms with van der Waals surface area (Å²) in [5.74, 6) is -0.0636. The van der Waals surface area contributed by atoms with E-state index in [0.29, 0.717) is 16.1 Å². The van der Waals surface area contributed by atoms with Crippen LogP contribution in [0.5, 0.6) is 0 Å². The van der Waals surface area contributed by atoms with Gasteiger partial charge >= 0.3 is 0 Å². The summed E-state index contributed by atoms with van der Waals surface area (Å²) in [5, 5.41) is 1.33. The second-order valence-corrected chi connectivity index (χ2v) is 6.59. The zero-order valence-corrected chi connectivity index (χ0v) is 14.0. The Kier molecular flexibility index (Phi) is 3.71. The van der Waals surface area contributed by atoms with Gasteiger partial charge in [0, 0.05) is 37.2 Å². The second kappa shape index (κ2) is 5.35. The molecule has 3 rings (SSSR count). The Morgan fingerprint density at radius 1 is 1.10 bits per heavy atom. The van der Waals surface area contributed by atoms with Crippen molar-refractivity contribution in [1.82, 2.24) is 4.98 Å². The molecule has 3 aromatic rings. The van der Waals surface area contributed by atoms with Gasteiger partial charge in [-0.2, -0.15) is 0 Å². The van der Waals surface area contributed by atoms with Gasteiger partial charge in [-0.05, 0) is 30.3 Å². The summed E-state index contributed by atoms with van der Waals surface area (Å²) < 4.78 is 1.70. The van der Waals surface area contributed by atoms with Gasteiger partial charge in [-0.1, -0.05) is 49.5 Å². The van der Waals surface area contributed by atoms with Crippen LogP contribution in [0.1, 0.15) is 15.9 Å². The number of hydrogen-bond donors (Lipinski definition) is 1. The summed E-state index contributed by atoms with van der Waals surface area (Å²) in [4.78, 5) is 15.7. The van der Waals surface area contributed by atoms with Crippen LogP contribution >= 0.6 is 43.5 Å². The lowest BCUT2D eigenvalue weighted by molar-refractivity contribution is 0.104. The van der Waals surface area contributed by atoms with Crippen LogP contribution in [0, 0.1) is 0 Å². The molecule has 0 atom stereocenters. The topological polar surface area (TPSA) is 32.9 Å². The first-order valence-electron chi connectivity index (χ1n) is 5.82. The molecule has 0 saturated heterocycles. The Morgan fingerprint density at radius 2 is 1.80 bits per heavy atom. The molecule has 0 spiro atoms. The lowest BCUT2D eigenvalue weighted by atomic mass is 10.0. The molecule has 100 valence electrons. The maximum Gasteiger partial charge on any atom is 0.195 e. The molecule has 2 nitrogen and oxygen atoms in total. The minimum atomic E-state index is -0.0636. The molecule has 20 heavy (non-hydrogen) atoms. The number of carbonyl (C=O) groups is 1. The van der Waals surface area contributed by atoms with Gasteiger partial charge in [-0.3, -0.25) is 4.79 Å². The van der Waals surface area contributed by atoms with Gasteiger partial charge in [0.05, 0.1) is 5.02 Å². The number of ketones is 1. The predicted molar refractivity (Wildman–Crippen MR) is 88.6 cm³/mol. The number of rotatable bonds is 2. The van der Waals surface area contributed by atoms with Gasteiger partial charge in [0.1, 0.15) is 0 Å². The quantitative estimate of drug-likeness (QED) is 0.547. The Hall–Kier alpha value is -1.10. The molecule has 0 saturated carbocycles. The van der Waals surface area contributed by atoms with Crippen LogP contribution in [0.15, 0.2) is 51.5 Å². The Balaban J connectivity index is 2.18. The highest BCUT2D eigenvalue weighted by atomic mass is 79.9. The Labute approximate surface area is 137 Å². The largest absolute Gasteiger partial charge is 0.360 e. The van der Waals surface area contributed by atoms with E-state index in [1.54, 1.807) is 24.4 Å². The fourth-order valence-electron chi connectivity index (χ4n) is 2.16. The third-order valence-electron chi connectivity index (χ3n) is 3.02. The fraction of sp³-hybridized carbons (Fsp3) is 0. The zero-order valence-electron chi connectivity index (χ0n) is 10.1. The highest BCUT2D eigenvalue weighted by molar-refractivity contribution is 9.11. The third kappa shape index (κ3) is 2.43. The van der Waals surface area contributed by atoms with Crippen molar-refractivity contribution in [1.29, 1.82) is 0 Å². The number of nitrogens with one attached hydrogen (secondary N) is 1. The van der Waals surface area contributed by atoms with Gasteiger partial charge in [0.15, 0.2) is 5.78 Å². The predicted octanol–water partition coefficient (Wildman–Crippen LogP) is 5.58. The van der Waals surface area contributed by atoms with Crippen molar-refractivity contribution in [2.45, 2.75) is 0 Å². The molecule has 5 heteroatoms. The summed E-state index contributed by atoms with van der Waals surface area (Å²) >= 11 is 13.0. The average Bonchev–Trinajstić information content (AvgIpc) is 2.82. The molecule has 0 fully saturated rings. The van der Waals surface area contributed by atoms with Crippen LogP contribution in [0.2, 0.25) is 5.02 Å². The number of halogens is 3. The lowest BCUT2D eigenvalue weighted by Crippen LogP contribution is -2.00. The molecule has 0 bridgehead atoms. The van der Waals surface area contributed by atoms with E-state index in [0.717, 1.165) is 19.8 Å². The van der Waals surface area contributed by atoms with Crippen molar-refractivity contribution in [3.05, 3.63) is 67.7 Å². The lowest BCUT2D eigenvalue weighted by Gasteiger charge is -2.03. The van der Waals surface area contributed by atoms with Gasteiger partial charge < -0.3 is 4.98 Å². The zero-order chi connectivity index (χ0) is 14.3. The third-order valence-corrected chi connectivity index (χ3v) is 4.25. The summed E-state index contributed by atoms with van der Waals surface area (Å²) in [6.07, 6.45) is 1.70. The molecular formula is C15H8Br2ClNO. The van der Waals surface area contributed by atoms with Crippen molar-refractivity contribution in [2.75, 3.05) is 0 Å². The summed E-state index contributed by atoms with van der Waals surface area (Å²) in [7, 11) is 0. The molecular weight excluding hydrogens is 405 g/mol. The van der Waals surface area contributed by atoms with Crippen molar-refractivity contribution < 1.29 is 4.79 Å². The maximum absolute atomic E-state index is 12.7. The van der Waals surface area contributed by atoms with E-state index in [2.05, 4.69) is 36.8 Å². The van der Waals surface area contributed by atoms with Crippen molar-refractivity contribution in [2.24, 2.45) is 0 Å². The number of fused-ring (bicyclic) bond motifs is 1. The van der Waals surface area contributed by atoms with Crippen LogP contribution in [0.4, 0.5) is 0 Å². The minimum absolute atomic E-state index is 0.0636. The first kappa shape index (κ1) is 13.9. The monoisotopic (exact) mass is 411 g/mol. The van der Waals surface area contributed by atoms with Crippen LogP contribution in [0.25, 0.3) is 10.9 Å². The normalized spacial score (nSPS) is 10.9. The van der Waals surface area contributed by atoms with E-state index in [1.807, 2.05) is 18.2 Å². The van der Waals surface area contributed by atoms with E-state index in [1.165, 1.54) is 0 Å². The van der Waals surface area contributed by atoms with E-state index in [-0.39, 0.29) is 5.78 Å². The highest BCUT2D eigenvalue weighted by Crippen LogP contribution is 2.29. The number of carbonyl (C=O) groups excluding carboxylic acids is 1. The first-order chi connectivity index (χ1) is 9.56. The maximum atomic E-state index is 12.7. The van der Waals surface area contributed by atoms with Crippen LogP contribution in [0.3, 0.4) is 0 Å². The van der Waals surface area contributed by atoms with E-state index in [4.69, 9.17) is 11.6 Å². The first-order valence-corrected chi connectivity index (χ1v) is 7.79. The van der Waals surface area contributed by atoms with E-state index < -0.39 is 0 Å². The second-order valence-electron chi connectivity index (χ2n) is 4.35. The molecule has 0 amide bonds. The van der Waals surface area contributed by atoms with Crippen molar-refractivity contribution >= 4 is 60.1 Å². The number of hydrogen-bond acceptors (Lipinski definition) is 1. The number of H-pyrrole nitrogens is 1. The van der Waals surface area contributed by atoms with E-state index in [9.17, 15) is 4.79 Å². The molecule has 1 heterocycles. The number of benzene rings is 2. The summed E-state index contributed by atoms with van der Waals surface area (Å²) in [6, 6.07) is 11.0. The van der Waals surface area contributed by atoms with Crippen molar-refractivity contribution in [3.8, 4) is 0 Å². The standard InChI is InChI=1S/C15H8Br2ClNO/c16-9-4-8(5-10(17)6-9)15(20)11-7-19-13-3-1-2-12(18)14(11)13/h1-7,19H. The molecule has 0 unspecified atom stereocenters. The highest BCUT2D eigenvalue weighted by Gasteiger charge is 2.16. The van der Waals surface area contributed by atoms with Gasteiger partial charge in [-0.15, -0.1) is 0 Å². The Morgan fingerprint density at radius 3 is 2.50 bits per heavy atom. The van der Waals surface area contributed by atoms with Crippen LogP contribution in [-0.4, -0.2) is 10.8 Å². The van der Waals surface area contributed by atoms with Gasteiger partial charge in [-0.25, -0.2) is 0 Å². The van der Waals surface area contributed by atoms with Crippen LogP contribution < -0.4 is 0 Å². The molecule has 0 aliphatic heterocycles. The fourth-order valence-corrected chi connectivity index (χ4v) is 3.73. The summed E-state index contributed by atoms with van der Waals surface area (Å²) in [6.45, 7) is 0. The smallest absolute Gasteiger partial charge is 0.195 e. The number of aromatic amines is 1. The Bertz CT molecular complexity index is 806. The SMILES string of the molecule is O=C(c1cc(Br)cc(Br)c1)c1c[nH]c2cccc(Cl)c12. The van der Waals surface area contributed by atoms with Crippen LogP contribution in [-0.2, 0) is 0 Å². The van der Waals surface area contributed by atoms with Crippen molar-refractivity contribution in [3.63, 3.8) is 0 Å². The number of aromatic nitrogens is 1.